The van der Waals surface area contributed by atoms with Gasteiger partial charge in [-0.05, 0) is 44.7 Å². The van der Waals surface area contributed by atoms with Gasteiger partial charge < -0.3 is 5.32 Å². The van der Waals surface area contributed by atoms with E-state index in [9.17, 15) is 0 Å². The largest absolute Gasteiger partial charge is 0.311 e. The molecule has 0 aliphatic carbocycles. The van der Waals surface area contributed by atoms with Crippen LogP contribution in [0.2, 0.25) is 0 Å². The maximum atomic E-state index is 3.54. The Kier molecular flexibility index (Phi) is 4.71. The van der Waals surface area contributed by atoms with Crippen molar-refractivity contribution in [2.24, 2.45) is 0 Å². The maximum absolute atomic E-state index is 3.54. The molecule has 1 aromatic carbocycles. The molecule has 1 N–H and O–H groups in total. The molecule has 0 radical (unpaired) electrons. The second-order valence-electron chi connectivity index (χ2n) is 5.30. The average molecular weight is 264 g/mol. The first-order valence-electron chi connectivity index (χ1n) is 6.75. The van der Waals surface area contributed by atoms with Crippen LogP contribution in [-0.4, -0.2) is 36.3 Å². The van der Waals surface area contributed by atoms with Gasteiger partial charge in [0.25, 0.3) is 0 Å². The fourth-order valence-electron chi connectivity index (χ4n) is 2.66. The van der Waals surface area contributed by atoms with Crippen molar-refractivity contribution in [1.82, 2.24) is 10.2 Å². The first-order chi connectivity index (χ1) is 8.61. The Hall–Kier alpha value is -0.510. The fourth-order valence-corrected chi connectivity index (χ4v) is 3.07. The molecular weight excluding hydrogens is 240 g/mol. The van der Waals surface area contributed by atoms with Crippen molar-refractivity contribution in [1.29, 1.82) is 0 Å². The van der Waals surface area contributed by atoms with E-state index in [2.05, 4.69) is 61.5 Å². The number of nitrogens with zero attached hydrogens (tertiary/aromatic N) is 1. The summed E-state index contributed by atoms with van der Waals surface area (Å²) in [6.07, 6.45) is 2.12. The molecule has 100 valence electrons. The summed E-state index contributed by atoms with van der Waals surface area (Å²) in [6, 6.07) is 10.7. The van der Waals surface area contributed by atoms with Crippen molar-refractivity contribution in [3.05, 3.63) is 29.8 Å². The molecule has 0 saturated carbocycles. The van der Waals surface area contributed by atoms with Gasteiger partial charge in [0, 0.05) is 36.1 Å². The summed E-state index contributed by atoms with van der Waals surface area (Å²) in [7, 11) is 0. The molecule has 2 rings (SSSR count). The quantitative estimate of drug-likeness (QED) is 0.844. The molecule has 2 nitrogen and oxygen atoms in total. The van der Waals surface area contributed by atoms with Gasteiger partial charge in [0.2, 0.25) is 0 Å². The van der Waals surface area contributed by atoms with Crippen molar-refractivity contribution < 1.29 is 0 Å². The SMILES string of the molecule is CSc1ccc(C(C)N2CC(C)NCC2C)cc1. The zero-order chi connectivity index (χ0) is 13.1. The zero-order valence-corrected chi connectivity index (χ0v) is 12.6. The van der Waals surface area contributed by atoms with Gasteiger partial charge in [-0.3, -0.25) is 4.90 Å². The molecule has 1 aliphatic heterocycles. The molecule has 0 amide bonds. The molecule has 0 bridgehead atoms. The van der Waals surface area contributed by atoms with Crippen molar-refractivity contribution in [3.63, 3.8) is 0 Å². The highest BCUT2D eigenvalue weighted by Gasteiger charge is 2.26. The third-order valence-corrected chi connectivity index (χ3v) is 4.65. The van der Waals surface area contributed by atoms with Crippen LogP contribution in [0.3, 0.4) is 0 Å². The molecule has 0 spiro atoms. The molecule has 0 aromatic heterocycles. The summed E-state index contributed by atoms with van der Waals surface area (Å²) in [4.78, 5) is 3.95. The minimum atomic E-state index is 0.500. The Bertz CT molecular complexity index is 377. The standard InChI is InChI=1S/C15H24N2S/c1-11-10-17(12(2)9-16-11)13(3)14-5-7-15(18-4)8-6-14/h5-8,11-13,16H,9-10H2,1-4H3. The van der Waals surface area contributed by atoms with Crippen LogP contribution < -0.4 is 5.32 Å². The summed E-state index contributed by atoms with van der Waals surface area (Å²) in [6.45, 7) is 9.12. The molecule has 1 heterocycles. The van der Waals surface area contributed by atoms with Gasteiger partial charge in [-0.15, -0.1) is 11.8 Å². The smallest absolute Gasteiger partial charge is 0.0323 e. The lowest BCUT2D eigenvalue weighted by Gasteiger charge is -2.41. The lowest BCUT2D eigenvalue weighted by Crippen LogP contribution is -2.54. The van der Waals surface area contributed by atoms with Gasteiger partial charge in [-0.1, -0.05) is 12.1 Å². The number of thioether (sulfide) groups is 1. The van der Waals surface area contributed by atoms with E-state index in [0.29, 0.717) is 18.1 Å². The Morgan fingerprint density at radius 2 is 1.94 bits per heavy atom. The van der Waals surface area contributed by atoms with E-state index >= 15 is 0 Å². The maximum Gasteiger partial charge on any atom is 0.0323 e. The second kappa shape index (κ2) is 6.09. The van der Waals surface area contributed by atoms with E-state index < -0.39 is 0 Å². The van der Waals surface area contributed by atoms with Crippen molar-refractivity contribution in [2.45, 2.75) is 43.8 Å². The second-order valence-corrected chi connectivity index (χ2v) is 6.18. The lowest BCUT2D eigenvalue weighted by molar-refractivity contribution is 0.103. The van der Waals surface area contributed by atoms with E-state index in [1.165, 1.54) is 10.5 Å². The Morgan fingerprint density at radius 1 is 1.28 bits per heavy atom. The normalized spacial score (nSPS) is 27.1. The van der Waals surface area contributed by atoms with Crippen LogP contribution >= 0.6 is 11.8 Å². The predicted molar refractivity (Wildman–Crippen MR) is 80.3 cm³/mol. The fraction of sp³-hybridized carbons (Fsp3) is 0.600. The molecule has 18 heavy (non-hydrogen) atoms. The van der Waals surface area contributed by atoms with E-state index in [0.717, 1.165) is 13.1 Å². The molecule has 1 fully saturated rings. The number of hydrogen-bond acceptors (Lipinski definition) is 3. The van der Waals surface area contributed by atoms with Crippen molar-refractivity contribution in [3.8, 4) is 0 Å². The predicted octanol–water partition coefficient (Wildman–Crippen LogP) is 3.15. The van der Waals surface area contributed by atoms with Crippen molar-refractivity contribution in [2.75, 3.05) is 19.3 Å². The summed E-state index contributed by atoms with van der Waals surface area (Å²) in [5, 5.41) is 3.54. The summed E-state index contributed by atoms with van der Waals surface area (Å²) >= 11 is 1.80. The van der Waals surface area contributed by atoms with Gasteiger partial charge in [-0.25, -0.2) is 0 Å². The summed E-state index contributed by atoms with van der Waals surface area (Å²) in [5.41, 5.74) is 1.42. The summed E-state index contributed by atoms with van der Waals surface area (Å²) in [5.74, 6) is 0. The van der Waals surface area contributed by atoms with Gasteiger partial charge in [0.1, 0.15) is 0 Å². The molecule has 1 aromatic rings. The van der Waals surface area contributed by atoms with Crippen molar-refractivity contribution >= 4 is 11.8 Å². The van der Waals surface area contributed by atoms with Crippen LogP contribution in [0.15, 0.2) is 29.2 Å². The average Bonchev–Trinajstić information content (AvgIpc) is 2.41. The minimum absolute atomic E-state index is 0.500. The molecule has 1 aliphatic rings. The molecule has 3 unspecified atom stereocenters. The molecule has 1 saturated heterocycles. The zero-order valence-electron chi connectivity index (χ0n) is 11.8. The number of benzene rings is 1. The van der Waals surface area contributed by atoms with E-state index in [-0.39, 0.29) is 0 Å². The first kappa shape index (κ1) is 13.9. The summed E-state index contributed by atoms with van der Waals surface area (Å²) < 4.78 is 0. The van der Waals surface area contributed by atoms with E-state index in [4.69, 9.17) is 0 Å². The molecule has 3 heteroatoms. The van der Waals surface area contributed by atoms with Gasteiger partial charge in [0.05, 0.1) is 0 Å². The van der Waals surface area contributed by atoms with Gasteiger partial charge in [-0.2, -0.15) is 0 Å². The van der Waals surface area contributed by atoms with Crippen LogP contribution in [-0.2, 0) is 0 Å². The number of nitrogens with one attached hydrogen (secondary N) is 1. The Morgan fingerprint density at radius 3 is 2.56 bits per heavy atom. The highest BCUT2D eigenvalue weighted by atomic mass is 32.2. The van der Waals surface area contributed by atoms with Crippen LogP contribution in [0, 0.1) is 0 Å². The van der Waals surface area contributed by atoms with E-state index in [1.54, 1.807) is 11.8 Å². The minimum Gasteiger partial charge on any atom is -0.311 e. The third kappa shape index (κ3) is 3.08. The number of hydrogen-bond donors (Lipinski definition) is 1. The number of rotatable bonds is 3. The molecular formula is C15H24N2S. The topological polar surface area (TPSA) is 15.3 Å². The van der Waals surface area contributed by atoms with Crippen LogP contribution in [0.25, 0.3) is 0 Å². The van der Waals surface area contributed by atoms with Crippen LogP contribution in [0.5, 0.6) is 0 Å². The Balaban J connectivity index is 2.10. The number of piperazine rings is 1. The third-order valence-electron chi connectivity index (χ3n) is 3.91. The van der Waals surface area contributed by atoms with Crippen LogP contribution in [0.4, 0.5) is 0 Å². The lowest BCUT2D eigenvalue weighted by atomic mass is 10.0. The van der Waals surface area contributed by atoms with Gasteiger partial charge in [0.15, 0.2) is 0 Å². The highest BCUT2D eigenvalue weighted by Crippen LogP contribution is 2.26. The monoisotopic (exact) mass is 264 g/mol. The van der Waals surface area contributed by atoms with Gasteiger partial charge >= 0.3 is 0 Å². The molecule has 3 atom stereocenters. The highest BCUT2D eigenvalue weighted by molar-refractivity contribution is 7.98. The first-order valence-corrected chi connectivity index (χ1v) is 7.97. The van der Waals surface area contributed by atoms with Crippen LogP contribution in [0.1, 0.15) is 32.4 Å². The van der Waals surface area contributed by atoms with E-state index in [1.807, 2.05) is 0 Å². The Labute approximate surface area is 115 Å².